The van der Waals surface area contributed by atoms with Crippen LogP contribution in [-0.2, 0) is 22.5 Å². The van der Waals surface area contributed by atoms with E-state index in [9.17, 15) is 19.5 Å². The van der Waals surface area contributed by atoms with Crippen molar-refractivity contribution < 1.29 is 24.2 Å². The van der Waals surface area contributed by atoms with E-state index in [-0.39, 0.29) is 23.6 Å². The van der Waals surface area contributed by atoms with E-state index in [1.54, 1.807) is 48.5 Å². The lowest BCUT2D eigenvalue weighted by Crippen LogP contribution is -2.46. The van der Waals surface area contributed by atoms with Gasteiger partial charge < -0.3 is 14.7 Å². The molecule has 0 heterocycles. The number of amides is 1. The molecule has 0 bridgehead atoms. The van der Waals surface area contributed by atoms with E-state index in [4.69, 9.17) is 27.9 Å². The summed E-state index contributed by atoms with van der Waals surface area (Å²) in [6.07, 6.45) is 0.0871. The molecule has 0 aliphatic heterocycles. The standard InChI is InChI=1S/C25H21Cl2NO5/c1-33-25(32)18-9-5-8-17(12-18)15-28(23(29)20-11-10-19(26)14-21(20)27)22(24(30)31)13-16-6-3-2-4-7-16/h2-12,14,22H,13,15H2,1H3,(H,30,31)/t22-/m0/s1. The third kappa shape index (κ3) is 6.12. The van der Waals surface area contributed by atoms with Crippen LogP contribution < -0.4 is 0 Å². The quantitative estimate of drug-likeness (QED) is 0.447. The van der Waals surface area contributed by atoms with Gasteiger partial charge in [-0.2, -0.15) is 0 Å². The van der Waals surface area contributed by atoms with Gasteiger partial charge in [0.2, 0.25) is 0 Å². The topological polar surface area (TPSA) is 83.9 Å². The van der Waals surface area contributed by atoms with Crippen LogP contribution in [0.1, 0.15) is 31.8 Å². The number of benzene rings is 3. The van der Waals surface area contributed by atoms with Crippen molar-refractivity contribution in [3.8, 4) is 0 Å². The lowest BCUT2D eigenvalue weighted by Gasteiger charge is -2.30. The van der Waals surface area contributed by atoms with E-state index in [2.05, 4.69) is 0 Å². The summed E-state index contributed by atoms with van der Waals surface area (Å²) in [6.45, 7) is -0.0631. The number of rotatable bonds is 8. The van der Waals surface area contributed by atoms with Gasteiger partial charge in [-0.3, -0.25) is 4.79 Å². The Morgan fingerprint density at radius 2 is 1.64 bits per heavy atom. The molecule has 8 heteroatoms. The maximum atomic E-state index is 13.5. The lowest BCUT2D eigenvalue weighted by atomic mass is 10.0. The van der Waals surface area contributed by atoms with Gasteiger partial charge in [-0.15, -0.1) is 0 Å². The van der Waals surface area contributed by atoms with Crippen molar-refractivity contribution in [2.24, 2.45) is 0 Å². The first kappa shape index (κ1) is 24.3. The van der Waals surface area contributed by atoms with Crippen LogP contribution in [0.5, 0.6) is 0 Å². The van der Waals surface area contributed by atoms with Crippen LogP contribution in [0.4, 0.5) is 0 Å². The summed E-state index contributed by atoms with van der Waals surface area (Å²) in [5.74, 6) is -2.26. The first-order valence-electron chi connectivity index (χ1n) is 10.00. The molecule has 1 amide bonds. The van der Waals surface area contributed by atoms with Gasteiger partial charge in [0.05, 0.1) is 23.3 Å². The molecule has 170 valence electrons. The molecule has 3 aromatic carbocycles. The first-order valence-corrected chi connectivity index (χ1v) is 10.8. The summed E-state index contributed by atoms with van der Waals surface area (Å²) >= 11 is 12.2. The third-order valence-corrected chi connectivity index (χ3v) is 5.60. The van der Waals surface area contributed by atoms with Gasteiger partial charge in [-0.25, -0.2) is 9.59 Å². The van der Waals surface area contributed by atoms with E-state index in [1.807, 2.05) is 6.07 Å². The minimum atomic E-state index is -1.19. The Morgan fingerprint density at radius 3 is 2.27 bits per heavy atom. The highest BCUT2D eigenvalue weighted by Gasteiger charge is 2.32. The molecule has 3 aromatic rings. The van der Waals surface area contributed by atoms with Crippen molar-refractivity contribution in [1.29, 1.82) is 0 Å². The molecule has 0 fully saturated rings. The number of halogens is 2. The van der Waals surface area contributed by atoms with Gasteiger partial charge in [-0.1, -0.05) is 65.7 Å². The number of aliphatic carboxylic acids is 1. The first-order chi connectivity index (χ1) is 15.8. The number of carboxylic acid groups (broad SMARTS) is 1. The van der Waals surface area contributed by atoms with E-state index in [0.29, 0.717) is 16.1 Å². The zero-order valence-corrected chi connectivity index (χ0v) is 19.2. The molecule has 0 aliphatic carbocycles. The van der Waals surface area contributed by atoms with Crippen molar-refractivity contribution in [2.45, 2.75) is 19.0 Å². The van der Waals surface area contributed by atoms with Gasteiger partial charge >= 0.3 is 11.9 Å². The predicted octanol–water partition coefficient (Wildman–Crippen LogP) is 5.12. The fraction of sp³-hybridized carbons (Fsp3) is 0.160. The van der Waals surface area contributed by atoms with Crippen molar-refractivity contribution in [2.75, 3.05) is 7.11 Å². The molecule has 0 aromatic heterocycles. The average molecular weight is 486 g/mol. The minimum Gasteiger partial charge on any atom is -0.480 e. The second-order valence-electron chi connectivity index (χ2n) is 7.29. The molecular weight excluding hydrogens is 465 g/mol. The fourth-order valence-corrected chi connectivity index (χ4v) is 3.91. The summed E-state index contributed by atoms with van der Waals surface area (Å²) < 4.78 is 4.76. The summed E-state index contributed by atoms with van der Waals surface area (Å²) in [7, 11) is 1.27. The maximum absolute atomic E-state index is 13.5. The number of ether oxygens (including phenoxy) is 1. The van der Waals surface area contributed by atoms with E-state index in [1.165, 1.54) is 30.2 Å². The molecule has 3 rings (SSSR count). The van der Waals surface area contributed by atoms with Crippen molar-refractivity contribution in [1.82, 2.24) is 4.90 Å². The predicted molar refractivity (Wildman–Crippen MR) is 126 cm³/mol. The second kappa shape index (κ2) is 11.0. The summed E-state index contributed by atoms with van der Waals surface area (Å²) in [5, 5.41) is 10.5. The molecule has 0 radical (unpaired) electrons. The highest BCUT2D eigenvalue weighted by molar-refractivity contribution is 6.36. The van der Waals surface area contributed by atoms with Gasteiger partial charge in [-0.05, 0) is 41.5 Å². The van der Waals surface area contributed by atoms with Crippen LogP contribution in [0.25, 0.3) is 0 Å². The Hall–Kier alpha value is -3.35. The highest BCUT2D eigenvalue weighted by atomic mass is 35.5. The highest BCUT2D eigenvalue weighted by Crippen LogP contribution is 2.25. The van der Waals surface area contributed by atoms with E-state index < -0.39 is 23.9 Å². The number of methoxy groups -OCH3 is 1. The Bertz CT molecular complexity index is 1170. The molecule has 6 nitrogen and oxygen atoms in total. The van der Waals surface area contributed by atoms with Gasteiger partial charge in [0.1, 0.15) is 6.04 Å². The number of esters is 1. The lowest BCUT2D eigenvalue weighted by molar-refractivity contribution is -0.142. The fourth-order valence-electron chi connectivity index (χ4n) is 3.42. The molecule has 0 saturated heterocycles. The second-order valence-corrected chi connectivity index (χ2v) is 8.14. The van der Waals surface area contributed by atoms with E-state index >= 15 is 0 Å². The third-order valence-electron chi connectivity index (χ3n) is 5.06. The zero-order chi connectivity index (χ0) is 24.0. The number of carbonyl (C=O) groups excluding carboxylic acids is 2. The van der Waals surface area contributed by atoms with Crippen LogP contribution in [0.2, 0.25) is 10.0 Å². The Balaban J connectivity index is 2.03. The van der Waals surface area contributed by atoms with E-state index in [0.717, 1.165) is 5.56 Å². The van der Waals surface area contributed by atoms with Crippen LogP contribution in [-0.4, -0.2) is 41.0 Å². The summed E-state index contributed by atoms with van der Waals surface area (Å²) in [4.78, 5) is 39.0. The SMILES string of the molecule is COC(=O)c1cccc(CN(C(=O)c2ccc(Cl)cc2Cl)[C@@H](Cc2ccccc2)C(=O)O)c1. The smallest absolute Gasteiger partial charge is 0.337 e. The van der Waals surface area contributed by atoms with Crippen LogP contribution >= 0.6 is 23.2 Å². The molecule has 0 saturated carbocycles. The molecular formula is C25H21Cl2NO5. The normalized spacial score (nSPS) is 11.5. The summed E-state index contributed by atoms with van der Waals surface area (Å²) in [5.41, 5.74) is 1.75. The number of carbonyl (C=O) groups is 3. The zero-order valence-electron chi connectivity index (χ0n) is 17.7. The Morgan fingerprint density at radius 1 is 0.939 bits per heavy atom. The van der Waals surface area contributed by atoms with Crippen molar-refractivity contribution >= 4 is 41.0 Å². The largest absolute Gasteiger partial charge is 0.480 e. The van der Waals surface area contributed by atoms with Gasteiger partial charge in [0.15, 0.2) is 0 Å². The minimum absolute atomic E-state index is 0.0631. The number of hydrogen-bond acceptors (Lipinski definition) is 4. The molecule has 0 spiro atoms. The number of nitrogens with zero attached hydrogens (tertiary/aromatic N) is 1. The van der Waals surface area contributed by atoms with Gasteiger partial charge in [0, 0.05) is 18.0 Å². The van der Waals surface area contributed by atoms with Crippen molar-refractivity contribution in [3.63, 3.8) is 0 Å². The Labute approximate surface area is 201 Å². The molecule has 0 unspecified atom stereocenters. The molecule has 33 heavy (non-hydrogen) atoms. The van der Waals surface area contributed by atoms with Crippen LogP contribution in [0, 0.1) is 0 Å². The number of hydrogen-bond donors (Lipinski definition) is 1. The maximum Gasteiger partial charge on any atom is 0.337 e. The van der Waals surface area contributed by atoms with Crippen molar-refractivity contribution in [3.05, 3.63) is 105 Å². The average Bonchev–Trinajstić information content (AvgIpc) is 2.81. The monoisotopic (exact) mass is 485 g/mol. The molecule has 1 atom stereocenters. The van der Waals surface area contributed by atoms with Crippen LogP contribution in [0.3, 0.4) is 0 Å². The molecule has 1 N–H and O–H groups in total. The van der Waals surface area contributed by atoms with Crippen LogP contribution in [0.15, 0.2) is 72.8 Å². The molecule has 0 aliphatic rings. The summed E-state index contributed by atoms with van der Waals surface area (Å²) in [6, 6.07) is 18.7. The number of carboxylic acids is 1. The van der Waals surface area contributed by atoms with Gasteiger partial charge in [0.25, 0.3) is 5.91 Å². The Kier molecular flexibility index (Phi) is 8.09.